The molecule has 0 radical (unpaired) electrons. The lowest BCUT2D eigenvalue weighted by Gasteiger charge is -2.35. The van der Waals surface area contributed by atoms with Crippen LogP contribution in [0.5, 0.6) is 5.75 Å². The SMILES string of the molecule is COc1ccc([C@H]2CC[C@H](CN(c3cc(-c4coc(C5CC5)n4)ccn3)C(=O)[C@H]3CC[C@H](O)CC3)CC2)nc1C. The number of aryl methyl sites for hydroxylation is 1. The van der Waals surface area contributed by atoms with Gasteiger partial charge in [0.1, 0.15) is 23.5 Å². The minimum atomic E-state index is -0.294. The van der Waals surface area contributed by atoms with Gasteiger partial charge in [-0.15, -0.1) is 0 Å². The molecule has 8 nitrogen and oxygen atoms in total. The van der Waals surface area contributed by atoms with Gasteiger partial charge in [-0.1, -0.05) is 0 Å². The Kier molecular flexibility index (Phi) is 7.87. The number of oxazole rings is 1. The van der Waals surface area contributed by atoms with E-state index in [1.165, 1.54) is 0 Å². The smallest absolute Gasteiger partial charge is 0.231 e. The molecule has 6 rings (SSSR count). The third-order valence-electron chi connectivity index (χ3n) is 9.06. The van der Waals surface area contributed by atoms with Gasteiger partial charge in [-0.05, 0) is 101 Å². The van der Waals surface area contributed by atoms with Crippen LogP contribution in [0.2, 0.25) is 0 Å². The molecule has 0 saturated heterocycles. The number of aliphatic hydroxyl groups is 1. The lowest BCUT2D eigenvalue weighted by molar-refractivity contribution is -0.124. The fraction of sp³-hybridized carbons (Fsp3) is 0.562. The molecule has 3 aromatic heterocycles. The highest BCUT2D eigenvalue weighted by molar-refractivity contribution is 5.94. The minimum absolute atomic E-state index is 0.0785. The Balaban J connectivity index is 1.19. The lowest BCUT2D eigenvalue weighted by atomic mass is 9.79. The van der Waals surface area contributed by atoms with Gasteiger partial charge in [0.15, 0.2) is 5.89 Å². The largest absolute Gasteiger partial charge is 0.495 e. The number of ether oxygens (including phenoxy) is 1. The predicted molar refractivity (Wildman–Crippen MR) is 152 cm³/mol. The Bertz CT molecular complexity index is 1320. The number of anilines is 1. The van der Waals surface area contributed by atoms with Crippen LogP contribution in [0.3, 0.4) is 0 Å². The summed E-state index contributed by atoms with van der Waals surface area (Å²) in [6.45, 7) is 2.65. The quantitative estimate of drug-likeness (QED) is 0.361. The zero-order valence-electron chi connectivity index (χ0n) is 23.6. The third kappa shape index (κ3) is 5.92. The number of methoxy groups -OCH3 is 1. The van der Waals surface area contributed by atoms with Gasteiger partial charge in [-0.2, -0.15) is 0 Å². The van der Waals surface area contributed by atoms with Crippen molar-refractivity contribution in [3.8, 4) is 17.0 Å². The second-order valence-corrected chi connectivity index (χ2v) is 11.9. The van der Waals surface area contributed by atoms with Crippen molar-refractivity contribution in [1.82, 2.24) is 15.0 Å². The third-order valence-corrected chi connectivity index (χ3v) is 9.06. The van der Waals surface area contributed by atoms with E-state index < -0.39 is 0 Å². The molecule has 3 aliphatic rings. The average Bonchev–Trinajstić information content (AvgIpc) is 3.72. The summed E-state index contributed by atoms with van der Waals surface area (Å²) in [6.07, 6.45) is 12.5. The van der Waals surface area contributed by atoms with Crippen molar-refractivity contribution in [2.24, 2.45) is 11.8 Å². The summed E-state index contributed by atoms with van der Waals surface area (Å²) in [4.78, 5) is 30.1. The maximum absolute atomic E-state index is 14.0. The maximum Gasteiger partial charge on any atom is 0.231 e. The van der Waals surface area contributed by atoms with Crippen molar-refractivity contribution in [2.75, 3.05) is 18.6 Å². The minimum Gasteiger partial charge on any atom is -0.495 e. The molecular formula is C32H40N4O4. The van der Waals surface area contributed by atoms with Crippen LogP contribution in [-0.4, -0.2) is 45.7 Å². The second kappa shape index (κ2) is 11.7. The molecule has 40 heavy (non-hydrogen) atoms. The van der Waals surface area contributed by atoms with E-state index in [-0.39, 0.29) is 17.9 Å². The van der Waals surface area contributed by atoms with E-state index in [9.17, 15) is 9.90 Å². The van der Waals surface area contributed by atoms with Crippen LogP contribution < -0.4 is 9.64 Å². The van der Waals surface area contributed by atoms with Crippen LogP contribution in [0.25, 0.3) is 11.3 Å². The zero-order chi connectivity index (χ0) is 27.6. The first-order valence-corrected chi connectivity index (χ1v) is 14.9. The van der Waals surface area contributed by atoms with Gasteiger partial charge in [-0.25, -0.2) is 9.97 Å². The van der Waals surface area contributed by atoms with Gasteiger partial charge in [0, 0.05) is 41.8 Å². The number of amides is 1. The maximum atomic E-state index is 14.0. The van der Waals surface area contributed by atoms with Crippen LogP contribution in [-0.2, 0) is 4.79 Å². The van der Waals surface area contributed by atoms with E-state index >= 15 is 0 Å². The number of aromatic nitrogens is 3. The van der Waals surface area contributed by atoms with Crippen LogP contribution in [0.1, 0.15) is 93.3 Å². The molecule has 0 atom stereocenters. The molecule has 3 aromatic rings. The molecule has 212 valence electrons. The van der Waals surface area contributed by atoms with E-state index in [0.29, 0.717) is 43.0 Å². The van der Waals surface area contributed by atoms with Gasteiger partial charge in [-0.3, -0.25) is 14.7 Å². The molecule has 8 heteroatoms. The summed E-state index contributed by atoms with van der Waals surface area (Å²) >= 11 is 0. The highest BCUT2D eigenvalue weighted by atomic mass is 16.5. The van der Waals surface area contributed by atoms with Gasteiger partial charge in [0.2, 0.25) is 5.91 Å². The number of hydrogen-bond acceptors (Lipinski definition) is 7. The molecule has 0 spiro atoms. The first-order chi connectivity index (χ1) is 19.5. The first kappa shape index (κ1) is 26.9. The van der Waals surface area contributed by atoms with E-state index in [1.807, 2.05) is 30.0 Å². The molecule has 3 heterocycles. The Morgan fingerprint density at radius 3 is 2.45 bits per heavy atom. The summed E-state index contributed by atoms with van der Waals surface area (Å²) in [5, 5.41) is 10.0. The van der Waals surface area contributed by atoms with Crippen LogP contribution in [0.4, 0.5) is 5.82 Å². The summed E-state index contributed by atoms with van der Waals surface area (Å²) in [5.41, 5.74) is 3.78. The first-order valence-electron chi connectivity index (χ1n) is 14.9. The Morgan fingerprint density at radius 2 is 1.75 bits per heavy atom. The molecule has 1 N–H and O–H groups in total. The van der Waals surface area contributed by atoms with Crippen molar-refractivity contribution in [1.29, 1.82) is 0 Å². The Labute approximate surface area is 236 Å². The number of hydrogen-bond donors (Lipinski definition) is 1. The summed E-state index contributed by atoms with van der Waals surface area (Å²) in [6, 6.07) is 8.04. The number of carbonyl (C=O) groups is 1. The van der Waals surface area contributed by atoms with Crippen LogP contribution in [0, 0.1) is 18.8 Å². The Morgan fingerprint density at radius 1 is 1.00 bits per heavy atom. The number of aliphatic hydroxyl groups excluding tert-OH is 1. The second-order valence-electron chi connectivity index (χ2n) is 11.9. The standard InChI is InChI=1S/C32H40N4O4/c1-20-29(39-2)14-13-27(34-20)22-5-3-21(4-6-22)18-36(32(38)24-9-11-26(37)12-10-24)30-17-25(15-16-33-30)28-19-40-31(35-28)23-7-8-23/h13-17,19,21-24,26,37H,3-12,18H2,1-2H3/t21-,22-,24-,26-. The van der Waals surface area contributed by atoms with Gasteiger partial charge < -0.3 is 14.3 Å². The number of carbonyl (C=O) groups excluding carboxylic acids is 1. The topological polar surface area (TPSA) is 102 Å². The van der Waals surface area contributed by atoms with E-state index in [1.54, 1.807) is 19.6 Å². The zero-order valence-corrected chi connectivity index (χ0v) is 23.6. The summed E-state index contributed by atoms with van der Waals surface area (Å²) in [7, 11) is 1.68. The van der Waals surface area contributed by atoms with Gasteiger partial charge in [0.25, 0.3) is 0 Å². The molecule has 3 aliphatic carbocycles. The summed E-state index contributed by atoms with van der Waals surface area (Å²) in [5.74, 6) is 3.63. The fourth-order valence-corrected chi connectivity index (χ4v) is 6.41. The van der Waals surface area contributed by atoms with E-state index in [4.69, 9.17) is 19.1 Å². The monoisotopic (exact) mass is 544 g/mol. The molecule has 0 unspecified atom stereocenters. The summed E-state index contributed by atoms with van der Waals surface area (Å²) < 4.78 is 11.1. The molecule has 1 amide bonds. The van der Waals surface area contributed by atoms with Crippen molar-refractivity contribution in [3.05, 3.63) is 54.0 Å². The Hall–Kier alpha value is -3.26. The van der Waals surface area contributed by atoms with Crippen LogP contribution >= 0.6 is 0 Å². The van der Waals surface area contributed by atoms with Gasteiger partial charge >= 0.3 is 0 Å². The highest BCUT2D eigenvalue weighted by Gasteiger charge is 2.33. The number of pyridine rings is 2. The molecule has 3 saturated carbocycles. The molecule has 0 bridgehead atoms. The predicted octanol–water partition coefficient (Wildman–Crippen LogP) is 6.18. The highest BCUT2D eigenvalue weighted by Crippen LogP contribution is 2.41. The van der Waals surface area contributed by atoms with Crippen molar-refractivity contribution in [3.63, 3.8) is 0 Å². The van der Waals surface area contributed by atoms with E-state index in [0.717, 1.165) is 85.7 Å². The van der Waals surface area contributed by atoms with E-state index in [2.05, 4.69) is 11.1 Å². The molecule has 3 fully saturated rings. The fourth-order valence-electron chi connectivity index (χ4n) is 6.41. The van der Waals surface area contributed by atoms with Crippen LogP contribution in [0.15, 0.2) is 41.1 Å². The molecule has 0 aliphatic heterocycles. The van der Waals surface area contributed by atoms with Crippen molar-refractivity contribution >= 4 is 11.7 Å². The van der Waals surface area contributed by atoms with Gasteiger partial charge in [0.05, 0.1) is 18.9 Å². The van der Waals surface area contributed by atoms with Crippen molar-refractivity contribution in [2.45, 2.75) is 89.1 Å². The number of nitrogens with zero attached hydrogens (tertiary/aromatic N) is 4. The van der Waals surface area contributed by atoms with Crippen molar-refractivity contribution < 1.29 is 19.1 Å². The number of rotatable bonds is 8. The molecule has 0 aromatic carbocycles. The molecular weight excluding hydrogens is 504 g/mol. The normalized spacial score (nSPS) is 25.0. The lowest BCUT2D eigenvalue weighted by Crippen LogP contribution is -2.42. The average molecular weight is 545 g/mol.